The summed E-state index contributed by atoms with van der Waals surface area (Å²) in [5, 5.41) is 0. The van der Waals surface area contributed by atoms with E-state index in [1.807, 2.05) is 0 Å². The fourth-order valence-corrected chi connectivity index (χ4v) is 2.09. The molecule has 0 bridgehead atoms. The van der Waals surface area contributed by atoms with E-state index in [-0.39, 0.29) is 0 Å². The Kier molecular flexibility index (Phi) is 5.98. The van der Waals surface area contributed by atoms with Gasteiger partial charge in [0.05, 0.1) is 0 Å². The molecule has 1 rings (SSSR count). The zero-order valence-corrected chi connectivity index (χ0v) is 10.7. The predicted octanol–water partition coefficient (Wildman–Crippen LogP) is 2.53. The average Bonchev–Trinajstić information content (AvgIpc) is 2.32. The first-order valence-electron chi connectivity index (χ1n) is 6.50. The molecule has 0 atom stereocenters. The van der Waals surface area contributed by atoms with Gasteiger partial charge in [0.25, 0.3) is 0 Å². The summed E-state index contributed by atoms with van der Waals surface area (Å²) < 4.78 is 0. The lowest BCUT2D eigenvalue weighted by molar-refractivity contribution is 0.458. The molecular weight excluding hydrogens is 198 g/mol. The van der Waals surface area contributed by atoms with Crippen LogP contribution in [0.25, 0.3) is 0 Å². The lowest BCUT2D eigenvalue weighted by Crippen LogP contribution is -2.37. The van der Waals surface area contributed by atoms with Crippen LogP contribution in [0.1, 0.15) is 46.0 Å². The minimum Gasteiger partial charge on any atom is -0.370 e. The Morgan fingerprint density at radius 3 is 2.69 bits per heavy atom. The number of allylic oxidation sites excluding steroid dienone is 1. The maximum absolute atomic E-state index is 5.91. The number of guanidine groups is 1. The molecule has 3 heteroatoms. The normalized spacial score (nSPS) is 17.1. The Morgan fingerprint density at radius 1 is 1.38 bits per heavy atom. The van der Waals surface area contributed by atoms with Gasteiger partial charge in [-0.3, -0.25) is 4.99 Å². The number of nitrogens with two attached hydrogens (primary N) is 1. The number of aliphatic imine (C=N–C) groups is 1. The van der Waals surface area contributed by atoms with Gasteiger partial charge in [0, 0.05) is 19.6 Å². The van der Waals surface area contributed by atoms with Crippen LogP contribution < -0.4 is 5.73 Å². The van der Waals surface area contributed by atoms with Gasteiger partial charge < -0.3 is 10.6 Å². The first-order chi connectivity index (χ1) is 7.77. The van der Waals surface area contributed by atoms with Crippen LogP contribution in [0.4, 0.5) is 0 Å². The van der Waals surface area contributed by atoms with Crippen LogP contribution >= 0.6 is 0 Å². The van der Waals surface area contributed by atoms with Crippen LogP contribution in [0.15, 0.2) is 16.6 Å². The van der Waals surface area contributed by atoms with E-state index >= 15 is 0 Å². The molecule has 3 nitrogen and oxygen atoms in total. The molecule has 16 heavy (non-hydrogen) atoms. The summed E-state index contributed by atoms with van der Waals surface area (Å²) in [7, 11) is 0. The van der Waals surface area contributed by atoms with Crippen molar-refractivity contribution in [3.63, 3.8) is 0 Å². The first kappa shape index (κ1) is 13.1. The third-order valence-electron chi connectivity index (χ3n) is 3.18. The van der Waals surface area contributed by atoms with Gasteiger partial charge in [-0.1, -0.05) is 11.6 Å². The van der Waals surface area contributed by atoms with E-state index < -0.39 is 0 Å². The third-order valence-corrected chi connectivity index (χ3v) is 3.18. The van der Waals surface area contributed by atoms with E-state index in [0.717, 1.165) is 26.1 Å². The molecule has 0 amide bonds. The Labute approximate surface area is 99.4 Å². The second-order valence-corrected chi connectivity index (χ2v) is 4.27. The summed E-state index contributed by atoms with van der Waals surface area (Å²) in [5.41, 5.74) is 7.48. The molecule has 0 aromatic rings. The molecular formula is C13H25N3. The molecule has 0 radical (unpaired) electrons. The molecule has 0 aromatic heterocycles. The van der Waals surface area contributed by atoms with Crippen molar-refractivity contribution in [1.29, 1.82) is 0 Å². The highest BCUT2D eigenvalue weighted by atomic mass is 15.2. The Bertz CT molecular complexity index is 252. The Balaban J connectivity index is 2.32. The second-order valence-electron chi connectivity index (χ2n) is 4.27. The van der Waals surface area contributed by atoms with Gasteiger partial charge in [-0.25, -0.2) is 0 Å². The quantitative estimate of drug-likeness (QED) is 0.442. The van der Waals surface area contributed by atoms with Gasteiger partial charge in [0.1, 0.15) is 0 Å². The number of rotatable bonds is 5. The minimum atomic E-state index is 0.696. The summed E-state index contributed by atoms with van der Waals surface area (Å²) >= 11 is 0. The average molecular weight is 223 g/mol. The second kappa shape index (κ2) is 7.31. The Hall–Kier alpha value is -0.990. The van der Waals surface area contributed by atoms with Gasteiger partial charge in [-0.05, 0) is 46.0 Å². The van der Waals surface area contributed by atoms with Crippen LogP contribution in [0, 0.1) is 0 Å². The van der Waals surface area contributed by atoms with Crippen LogP contribution in [0.3, 0.4) is 0 Å². The number of hydrogen-bond acceptors (Lipinski definition) is 1. The minimum absolute atomic E-state index is 0.696. The molecule has 0 fully saturated rings. The number of hydrogen-bond donors (Lipinski definition) is 1. The highest BCUT2D eigenvalue weighted by molar-refractivity contribution is 5.77. The standard InChI is InChI=1S/C13H25N3/c1-3-16(4-2)13(14)15-11-10-12-8-6-5-7-9-12/h8H,3-7,9-11H2,1-2H3,(H2,14,15). The third kappa shape index (κ3) is 4.25. The van der Waals surface area contributed by atoms with E-state index in [0.29, 0.717) is 5.96 Å². The molecule has 1 aliphatic rings. The van der Waals surface area contributed by atoms with Gasteiger partial charge in [-0.15, -0.1) is 0 Å². The van der Waals surface area contributed by atoms with Gasteiger partial charge >= 0.3 is 0 Å². The molecule has 2 N–H and O–H groups in total. The molecule has 0 aromatic carbocycles. The first-order valence-corrected chi connectivity index (χ1v) is 6.50. The molecule has 0 spiro atoms. The predicted molar refractivity (Wildman–Crippen MR) is 70.6 cm³/mol. The summed E-state index contributed by atoms with van der Waals surface area (Å²) in [4.78, 5) is 6.53. The van der Waals surface area contributed by atoms with Crippen molar-refractivity contribution < 1.29 is 0 Å². The van der Waals surface area contributed by atoms with Crippen molar-refractivity contribution in [2.75, 3.05) is 19.6 Å². The molecule has 0 unspecified atom stereocenters. The molecule has 0 aliphatic heterocycles. The smallest absolute Gasteiger partial charge is 0.191 e. The Morgan fingerprint density at radius 2 is 2.12 bits per heavy atom. The maximum Gasteiger partial charge on any atom is 0.191 e. The summed E-state index contributed by atoms with van der Waals surface area (Å²) in [6.45, 7) is 6.93. The molecule has 0 saturated carbocycles. The monoisotopic (exact) mass is 223 g/mol. The summed E-state index contributed by atoms with van der Waals surface area (Å²) in [5.74, 6) is 0.696. The van der Waals surface area contributed by atoms with Crippen LogP contribution in [0.5, 0.6) is 0 Å². The SMILES string of the molecule is CCN(CC)C(N)=NCCC1=CCCCC1. The fraction of sp³-hybridized carbons (Fsp3) is 0.769. The topological polar surface area (TPSA) is 41.6 Å². The van der Waals surface area contributed by atoms with Crippen molar-refractivity contribution in [2.45, 2.75) is 46.0 Å². The molecule has 1 aliphatic carbocycles. The van der Waals surface area contributed by atoms with Gasteiger partial charge in [0.15, 0.2) is 5.96 Å². The maximum atomic E-state index is 5.91. The van der Waals surface area contributed by atoms with Crippen molar-refractivity contribution in [1.82, 2.24) is 4.90 Å². The van der Waals surface area contributed by atoms with Gasteiger partial charge in [-0.2, -0.15) is 0 Å². The molecule has 0 heterocycles. The highest BCUT2D eigenvalue weighted by Crippen LogP contribution is 2.19. The van der Waals surface area contributed by atoms with Crippen molar-refractivity contribution in [3.8, 4) is 0 Å². The summed E-state index contributed by atoms with van der Waals surface area (Å²) in [6, 6.07) is 0. The van der Waals surface area contributed by atoms with E-state index in [9.17, 15) is 0 Å². The largest absolute Gasteiger partial charge is 0.370 e. The lowest BCUT2D eigenvalue weighted by atomic mass is 9.97. The van der Waals surface area contributed by atoms with E-state index in [4.69, 9.17) is 5.73 Å². The molecule has 92 valence electrons. The zero-order valence-electron chi connectivity index (χ0n) is 10.7. The van der Waals surface area contributed by atoms with E-state index in [2.05, 4.69) is 29.8 Å². The van der Waals surface area contributed by atoms with Crippen molar-refractivity contribution in [3.05, 3.63) is 11.6 Å². The van der Waals surface area contributed by atoms with Crippen molar-refractivity contribution >= 4 is 5.96 Å². The zero-order chi connectivity index (χ0) is 11.8. The van der Waals surface area contributed by atoms with Gasteiger partial charge in [0.2, 0.25) is 0 Å². The van der Waals surface area contributed by atoms with Crippen LogP contribution in [-0.2, 0) is 0 Å². The van der Waals surface area contributed by atoms with Crippen LogP contribution in [0.2, 0.25) is 0 Å². The fourth-order valence-electron chi connectivity index (χ4n) is 2.09. The number of nitrogens with zero attached hydrogens (tertiary/aromatic N) is 2. The summed E-state index contributed by atoms with van der Waals surface area (Å²) in [6.07, 6.45) is 8.69. The van der Waals surface area contributed by atoms with E-state index in [1.54, 1.807) is 5.57 Å². The van der Waals surface area contributed by atoms with Crippen molar-refractivity contribution in [2.24, 2.45) is 10.7 Å². The van der Waals surface area contributed by atoms with E-state index in [1.165, 1.54) is 25.7 Å². The molecule has 0 saturated heterocycles. The van der Waals surface area contributed by atoms with Crippen LogP contribution in [-0.4, -0.2) is 30.5 Å². The highest BCUT2D eigenvalue weighted by Gasteiger charge is 2.04. The lowest BCUT2D eigenvalue weighted by Gasteiger charge is -2.19.